The number of aromatic nitrogens is 2. The lowest BCUT2D eigenvalue weighted by Crippen LogP contribution is -2.23. The summed E-state index contributed by atoms with van der Waals surface area (Å²) >= 11 is 7.49. The predicted octanol–water partition coefficient (Wildman–Crippen LogP) is 4.94. The van der Waals surface area contributed by atoms with E-state index in [1.807, 2.05) is 13.8 Å². The van der Waals surface area contributed by atoms with Gasteiger partial charge in [0, 0.05) is 17.3 Å². The zero-order chi connectivity index (χ0) is 19.4. The number of carbonyl (C=O) groups is 1. The number of anilines is 1. The molecule has 5 nitrogen and oxygen atoms in total. The normalized spacial score (nSPS) is 12.3. The van der Waals surface area contributed by atoms with E-state index >= 15 is 0 Å². The van der Waals surface area contributed by atoms with E-state index in [1.54, 1.807) is 25.3 Å². The fourth-order valence-corrected chi connectivity index (χ4v) is 3.70. The topological polar surface area (TPSA) is 56.1 Å². The Morgan fingerprint density at radius 2 is 2.04 bits per heavy atom. The van der Waals surface area contributed by atoms with Crippen molar-refractivity contribution < 1.29 is 9.53 Å². The molecule has 1 N–H and O–H groups in total. The van der Waals surface area contributed by atoms with Crippen molar-refractivity contribution in [1.29, 1.82) is 0 Å². The Balaban J connectivity index is 2.15. The first-order valence-corrected chi connectivity index (χ1v) is 9.83. The molecule has 0 saturated carbocycles. The van der Waals surface area contributed by atoms with Gasteiger partial charge in [-0.25, -0.2) is 4.98 Å². The van der Waals surface area contributed by atoms with Crippen molar-refractivity contribution in [2.75, 3.05) is 12.4 Å². The number of methoxy groups -OCH3 is 1. The van der Waals surface area contributed by atoms with E-state index < -0.39 is 0 Å². The summed E-state index contributed by atoms with van der Waals surface area (Å²) in [6, 6.07) is 5.14. The maximum Gasteiger partial charge on any atom is 0.237 e. The molecule has 142 valence electrons. The molecule has 0 spiro atoms. The third-order valence-electron chi connectivity index (χ3n) is 4.04. The van der Waals surface area contributed by atoms with Crippen LogP contribution in [0.1, 0.15) is 32.2 Å². The van der Waals surface area contributed by atoms with E-state index in [0.717, 1.165) is 23.1 Å². The van der Waals surface area contributed by atoms with Gasteiger partial charge in [0.25, 0.3) is 0 Å². The first kappa shape index (κ1) is 20.6. The molecule has 7 heteroatoms. The highest BCUT2D eigenvalue weighted by atomic mass is 35.5. The quantitative estimate of drug-likeness (QED) is 0.675. The van der Waals surface area contributed by atoms with Crippen LogP contribution >= 0.6 is 23.4 Å². The fourth-order valence-electron chi connectivity index (χ4n) is 2.52. The van der Waals surface area contributed by atoms with Gasteiger partial charge in [0.05, 0.1) is 23.7 Å². The summed E-state index contributed by atoms with van der Waals surface area (Å²) in [7, 11) is 1.56. The number of carbonyl (C=O) groups excluding carboxylic acids is 1. The van der Waals surface area contributed by atoms with Crippen LogP contribution < -0.4 is 10.1 Å². The lowest BCUT2D eigenvalue weighted by atomic mass is 10.2. The second-order valence-electron chi connectivity index (χ2n) is 6.66. The van der Waals surface area contributed by atoms with Crippen molar-refractivity contribution in [2.45, 2.75) is 51.6 Å². The van der Waals surface area contributed by atoms with Gasteiger partial charge in [0.1, 0.15) is 5.75 Å². The van der Waals surface area contributed by atoms with Gasteiger partial charge in [0.15, 0.2) is 5.16 Å². The van der Waals surface area contributed by atoms with E-state index in [0.29, 0.717) is 22.4 Å². The highest BCUT2D eigenvalue weighted by molar-refractivity contribution is 8.00. The Morgan fingerprint density at radius 1 is 1.35 bits per heavy atom. The van der Waals surface area contributed by atoms with E-state index in [4.69, 9.17) is 16.3 Å². The molecule has 0 unspecified atom stereocenters. The van der Waals surface area contributed by atoms with E-state index in [9.17, 15) is 4.79 Å². The number of ether oxygens (including phenoxy) is 1. The van der Waals surface area contributed by atoms with E-state index in [-0.39, 0.29) is 11.2 Å². The number of thioether (sulfide) groups is 1. The van der Waals surface area contributed by atoms with Gasteiger partial charge in [0.2, 0.25) is 5.91 Å². The molecule has 1 aromatic heterocycles. The first-order valence-electron chi connectivity index (χ1n) is 8.57. The zero-order valence-corrected chi connectivity index (χ0v) is 17.7. The van der Waals surface area contributed by atoms with Gasteiger partial charge in [-0.2, -0.15) is 0 Å². The van der Waals surface area contributed by atoms with Crippen LogP contribution in [-0.2, 0) is 11.3 Å². The van der Waals surface area contributed by atoms with Gasteiger partial charge in [-0.05, 0) is 44.9 Å². The van der Waals surface area contributed by atoms with E-state index in [2.05, 4.69) is 35.6 Å². The molecule has 0 aliphatic heterocycles. The fraction of sp³-hybridized carbons (Fsp3) is 0.474. The van der Waals surface area contributed by atoms with Crippen molar-refractivity contribution >= 4 is 35.0 Å². The molecule has 2 rings (SSSR count). The lowest BCUT2D eigenvalue weighted by molar-refractivity contribution is -0.115. The Kier molecular flexibility index (Phi) is 7.01. The third kappa shape index (κ3) is 4.95. The van der Waals surface area contributed by atoms with E-state index in [1.165, 1.54) is 11.8 Å². The summed E-state index contributed by atoms with van der Waals surface area (Å²) in [5, 5.41) is 4.00. The average Bonchev–Trinajstić information content (AvgIpc) is 2.82. The molecular formula is C19H26ClN3O2S. The lowest BCUT2D eigenvalue weighted by Gasteiger charge is -2.16. The van der Waals surface area contributed by atoms with Crippen LogP contribution in [0.5, 0.6) is 5.75 Å². The minimum Gasteiger partial charge on any atom is -0.495 e. The molecule has 1 amide bonds. The smallest absolute Gasteiger partial charge is 0.237 e. The Bertz CT molecular complexity index is 789. The first-order chi connectivity index (χ1) is 12.2. The molecule has 0 saturated heterocycles. The second-order valence-corrected chi connectivity index (χ2v) is 8.41. The number of halogens is 1. The summed E-state index contributed by atoms with van der Waals surface area (Å²) in [5.41, 5.74) is 2.71. The molecule has 26 heavy (non-hydrogen) atoms. The van der Waals surface area contributed by atoms with Crippen LogP contribution in [0.2, 0.25) is 5.02 Å². The van der Waals surface area contributed by atoms with Gasteiger partial charge in [-0.15, -0.1) is 0 Å². The van der Waals surface area contributed by atoms with Crippen LogP contribution in [0.3, 0.4) is 0 Å². The average molecular weight is 396 g/mol. The monoisotopic (exact) mass is 395 g/mol. The van der Waals surface area contributed by atoms with Gasteiger partial charge < -0.3 is 14.6 Å². The summed E-state index contributed by atoms with van der Waals surface area (Å²) in [5.74, 6) is 0.958. The largest absolute Gasteiger partial charge is 0.495 e. The van der Waals surface area contributed by atoms with Crippen molar-refractivity contribution in [3.8, 4) is 5.75 Å². The summed E-state index contributed by atoms with van der Waals surface area (Å²) in [4.78, 5) is 17.3. The highest BCUT2D eigenvalue weighted by Crippen LogP contribution is 2.30. The standard InChI is InChI=1S/C19H26ClN3O2S/c1-11(2)10-23-13(4)12(3)21-19(23)26-14(5)18(24)22-16-9-15(20)7-8-17(16)25-6/h7-9,11,14H,10H2,1-6H3,(H,22,24)/t14-/m1/s1. The third-order valence-corrected chi connectivity index (χ3v) is 5.37. The number of imidazole rings is 1. The van der Waals surface area contributed by atoms with Crippen molar-refractivity contribution in [3.05, 3.63) is 34.6 Å². The van der Waals surface area contributed by atoms with Crippen LogP contribution in [-0.4, -0.2) is 27.8 Å². The minimum atomic E-state index is -0.314. The summed E-state index contributed by atoms with van der Waals surface area (Å²) in [6.45, 7) is 11.2. The molecule has 1 heterocycles. The number of benzene rings is 1. The number of aryl methyl sites for hydroxylation is 1. The van der Waals surface area contributed by atoms with Crippen LogP contribution in [0.15, 0.2) is 23.4 Å². The maximum absolute atomic E-state index is 12.7. The number of rotatable bonds is 7. The predicted molar refractivity (Wildman–Crippen MR) is 108 cm³/mol. The number of nitrogens with one attached hydrogen (secondary N) is 1. The van der Waals surface area contributed by atoms with Crippen LogP contribution in [0.25, 0.3) is 0 Å². The Labute approximate surface area is 164 Å². The van der Waals surface area contributed by atoms with Crippen molar-refractivity contribution in [3.63, 3.8) is 0 Å². The molecule has 2 aromatic rings. The van der Waals surface area contributed by atoms with Crippen LogP contribution in [0, 0.1) is 19.8 Å². The molecule has 0 aliphatic carbocycles. The van der Waals surface area contributed by atoms with Gasteiger partial charge in [-0.1, -0.05) is 37.2 Å². The Morgan fingerprint density at radius 3 is 2.65 bits per heavy atom. The molecular weight excluding hydrogens is 370 g/mol. The number of hydrogen-bond acceptors (Lipinski definition) is 4. The second kappa shape index (κ2) is 8.82. The summed E-state index contributed by atoms with van der Waals surface area (Å²) < 4.78 is 7.47. The number of nitrogens with zero attached hydrogens (tertiary/aromatic N) is 2. The molecule has 0 bridgehead atoms. The van der Waals surface area contributed by atoms with Crippen LogP contribution in [0.4, 0.5) is 5.69 Å². The SMILES string of the molecule is COc1ccc(Cl)cc1NC(=O)[C@@H](C)Sc1nc(C)c(C)n1CC(C)C. The number of hydrogen-bond donors (Lipinski definition) is 1. The molecule has 0 fully saturated rings. The minimum absolute atomic E-state index is 0.120. The zero-order valence-electron chi connectivity index (χ0n) is 16.1. The number of amides is 1. The highest BCUT2D eigenvalue weighted by Gasteiger charge is 2.21. The van der Waals surface area contributed by atoms with Gasteiger partial charge in [-0.3, -0.25) is 4.79 Å². The summed E-state index contributed by atoms with van der Waals surface area (Å²) in [6.07, 6.45) is 0. The van der Waals surface area contributed by atoms with Crippen molar-refractivity contribution in [2.24, 2.45) is 5.92 Å². The maximum atomic E-state index is 12.7. The molecule has 1 aromatic carbocycles. The molecule has 0 radical (unpaired) electrons. The van der Waals surface area contributed by atoms with Crippen molar-refractivity contribution in [1.82, 2.24) is 9.55 Å². The van der Waals surface area contributed by atoms with Gasteiger partial charge >= 0.3 is 0 Å². The molecule has 1 atom stereocenters. The Hall–Kier alpha value is -1.66. The molecule has 0 aliphatic rings.